The zero-order valence-electron chi connectivity index (χ0n) is 13.0. The molecule has 5 nitrogen and oxygen atoms in total. The van der Waals surface area contributed by atoms with Crippen molar-refractivity contribution in [2.24, 2.45) is 0 Å². The van der Waals surface area contributed by atoms with Crippen LogP contribution in [0.25, 0.3) is 22.0 Å². The molecule has 0 saturated carbocycles. The molecule has 0 radical (unpaired) electrons. The van der Waals surface area contributed by atoms with Crippen LogP contribution in [0, 0.1) is 12.7 Å². The Kier molecular flexibility index (Phi) is 4.12. The molecule has 1 N–H and O–H groups in total. The lowest BCUT2D eigenvalue weighted by atomic mass is 10.0. The van der Waals surface area contributed by atoms with Crippen LogP contribution < -0.4 is 5.56 Å². The van der Waals surface area contributed by atoms with Crippen LogP contribution in [0.5, 0.6) is 0 Å². The van der Waals surface area contributed by atoms with E-state index in [1.54, 1.807) is 30.5 Å². The van der Waals surface area contributed by atoms with E-state index in [9.17, 15) is 14.0 Å². The average Bonchev–Trinajstić information content (AvgIpc) is 2.54. The molecule has 122 valence electrons. The summed E-state index contributed by atoms with van der Waals surface area (Å²) in [6, 6.07) is 9.34. The SMILES string of the molecule is Cc1cc2ccn(CCC(=O)O)c(=O)c2c(-c2ccc(F)cc2)n1. The molecule has 0 aliphatic heterocycles. The molecule has 1 aromatic carbocycles. The van der Waals surface area contributed by atoms with Gasteiger partial charge in [-0.2, -0.15) is 0 Å². The first-order chi connectivity index (χ1) is 11.5. The third-order valence-electron chi connectivity index (χ3n) is 3.77. The van der Waals surface area contributed by atoms with Crippen LogP contribution in [0.2, 0.25) is 0 Å². The van der Waals surface area contributed by atoms with Gasteiger partial charge >= 0.3 is 5.97 Å². The number of carbonyl (C=O) groups is 1. The number of pyridine rings is 2. The number of carboxylic acid groups (broad SMARTS) is 1. The predicted octanol–water partition coefficient (Wildman–Crippen LogP) is 2.99. The van der Waals surface area contributed by atoms with Gasteiger partial charge in [0.2, 0.25) is 0 Å². The van der Waals surface area contributed by atoms with Crippen LogP contribution in [0.15, 0.2) is 47.4 Å². The minimum Gasteiger partial charge on any atom is -0.481 e. The van der Waals surface area contributed by atoms with Gasteiger partial charge in [-0.25, -0.2) is 4.39 Å². The smallest absolute Gasteiger partial charge is 0.305 e. The maximum atomic E-state index is 13.2. The lowest BCUT2D eigenvalue weighted by molar-refractivity contribution is -0.137. The standard InChI is InChI=1S/C18H15FN2O3/c1-11-10-13-6-8-21(9-7-15(22)23)18(24)16(13)17(20-11)12-2-4-14(19)5-3-12/h2-6,8,10H,7,9H2,1H3,(H,22,23). The van der Waals surface area contributed by atoms with E-state index in [1.807, 2.05) is 6.92 Å². The number of carboxylic acids is 1. The summed E-state index contributed by atoms with van der Waals surface area (Å²) in [5.74, 6) is -1.34. The number of aromatic nitrogens is 2. The minimum atomic E-state index is -0.970. The molecule has 0 atom stereocenters. The van der Waals surface area contributed by atoms with E-state index in [0.29, 0.717) is 16.6 Å². The summed E-state index contributed by atoms with van der Waals surface area (Å²) >= 11 is 0. The Bertz CT molecular complexity index is 978. The molecule has 24 heavy (non-hydrogen) atoms. The first-order valence-corrected chi connectivity index (χ1v) is 7.44. The van der Waals surface area contributed by atoms with Crippen molar-refractivity contribution in [3.63, 3.8) is 0 Å². The molecule has 0 aliphatic rings. The van der Waals surface area contributed by atoms with Crippen molar-refractivity contribution >= 4 is 16.7 Å². The van der Waals surface area contributed by atoms with Gasteiger partial charge in [-0.15, -0.1) is 0 Å². The Hall–Kier alpha value is -3.02. The molecular weight excluding hydrogens is 311 g/mol. The van der Waals surface area contributed by atoms with Crippen molar-refractivity contribution in [2.75, 3.05) is 0 Å². The van der Waals surface area contributed by atoms with Crippen LogP contribution >= 0.6 is 0 Å². The largest absolute Gasteiger partial charge is 0.481 e. The highest BCUT2D eigenvalue weighted by atomic mass is 19.1. The molecule has 3 rings (SSSR count). The molecule has 0 spiro atoms. The van der Waals surface area contributed by atoms with Crippen molar-refractivity contribution in [3.8, 4) is 11.3 Å². The molecule has 2 heterocycles. The highest BCUT2D eigenvalue weighted by molar-refractivity contribution is 5.94. The maximum Gasteiger partial charge on any atom is 0.305 e. The van der Waals surface area contributed by atoms with E-state index in [2.05, 4.69) is 4.98 Å². The molecule has 0 unspecified atom stereocenters. The highest BCUT2D eigenvalue weighted by Gasteiger charge is 2.13. The molecule has 0 fully saturated rings. The zero-order valence-corrected chi connectivity index (χ0v) is 13.0. The van der Waals surface area contributed by atoms with E-state index in [1.165, 1.54) is 16.7 Å². The van der Waals surface area contributed by atoms with Crippen LogP contribution in [-0.2, 0) is 11.3 Å². The molecule has 0 saturated heterocycles. The van der Waals surface area contributed by atoms with Crippen molar-refractivity contribution in [1.29, 1.82) is 0 Å². The van der Waals surface area contributed by atoms with Crippen LogP contribution in [0.4, 0.5) is 4.39 Å². The van der Waals surface area contributed by atoms with Crippen molar-refractivity contribution < 1.29 is 14.3 Å². The molecule has 3 aromatic rings. The molecule has 0 aliphatic carbocycles. The number of rotatable bonds is 4. The van der Waals surface area contributed by atoms with Gasteiger partial charge in [0.1, 0.15) is 5.82 Å². The van der Waals surface area contributed by atoms with Crippen molar-refractivity contribution in [3.05, 3.63) is 64.5 Å². The molecule has 0 bridgehead atoms. The molecule has 6 heteroatoms. The van der Waals surface area contributed by atoms with Gasteiger partial charge in [0.25, 0.3) is 5.56 Å². The summed E-state index contributed by atoms with van der Waals surface area (Å²) in [5.41, 5.74) is 1.54. The van der Waals surface area contributed by atoms with Gasteiger partial charge in [-0.05, 0) is 48.7 Å². The fourth-order valence-electron chi connectivity index (χ4n) is 2.65. The zero-order chi connectivity index (χ0) is 17.3. The fraction of sp³-hybridized carbons (Fsp3) is 0.167. The van der Waals surface area contributed by atoms with Crippen molar-refractivity contribution in [1.82, 2.24) is 9.55 Å². The lowest BCUT2D eigenvalue weighted by Gasteiger charge is -2.10. The molecule has 2 aromatic heterocycles. The van der Waals surface area contributed by atoms with Gasteiger partial charge in [0.15, 0.2) is 0 Å². The second-order valence-corrected chi connectivity index (χ2v) is 5.54. The van der Waals surface area contributed by atoms with E-state index in [-0.39, 0.29) is 24.3 Å². The number of benzene rings is 1. The summed E-state index contributed by atoms with van der Waals surface area (Å²) in [6.45, 7) is 1.91. The van der Waals surface area contributed by atoms with Crippen LogP contribution in [0.3, 0.4) is 0 Å². The summed E-state index contributed by atoms with van der Waals surface area (Å²) in [4.78, 5) is 28.0. The second kappa shape index (κ2) is 6.23. The average molecular weight is 326 g/mol. The summed E-state index contributed by atoms with van der Waals surface area (Å²) in [7, 11) is 0. The minimum absolute atomic E-state index is 0.0842. The predicted molar refractivity (Wildman–Crippen MR) is 88.4 cm³/mol. The van der Waals surface area contributed by atoms with E-state index >= 15 is 0 Å². The Morgan fingerprint density at radius 1 is 1.25 bits per heavy atom. The Labute approximate surface area is 137 Å². The Morgan fingerprint density at radius 2 is 1.96 bits per heavy atom. The normalized spacial score (nSPS) is 10.9. The van der Waals surface area contributed by atoms with E-state index in [0.717, 1.165) is 11.1 Å². The number of aliphatic carboxylic acids is 1. The lowest BCUT2D eigenvalue weighted by Crippen LogP contribution is -2.21. The Morgan fingerprint density at radius 3 is 2.62 bits per heavy atom. The maximum absolute atomic E-state index is 13.2. The van der Waals surface area contributed by atoms with Gasteiger partial charge in [0, 0.05) is 24.0 Å². The number of nitrogens with zero attached hydrogens (tertiary/aromatic N) is 2. The van der Waals surface area contributed by atoms with Gasteiger partial charge in [0.05, 0.1) is 17.5 Å². The Balaban J connectivity index is 2.23. The van der Waals surface area contributed by atoms with E-state index in [4.69, 9.17) is 5.11 Å². The van der Waals surface area contributed by atoms with Gasteiger partial charge in [-0.1, -0.05) is 0 Å². The fourth-order valence-corrected chi connectivity index (χ4v) is 2.65. The topological polar surface area (TPSA) is 72.2 Å². The van der Waals surface area contributed by atoms with Crippen LogP contribution in [0.1, 0.15) is 12.1 Å². The number of aryl methyl sites for hydroxylation is 2. The summed E-state index contributed by atoms with van der Waals surface area (Å²) in [6.07, 6.45) is 1.44. The third kappa shape index (κ3) is 3.03. The third-order valence-corrected chi connectivity index (χ3v) is 3.77. The highest BCUT2D eigenvalue weighted by Crippen LogP contribution is 2.25. The molecular formula is C18H15FN2O3. The first-order valence-electron chi connectivity index (χ1n) is 7.44. The quantitative estimate of drug-likeness (QED) is 0.800. The molecule has 0 amide bonds. The number of hydrogen-bond donors (Lipinski definition) is 1. The number of fused-ring (bicyclic) bond motifs is 1. The number of halogens is 1. The van der Waals surface area contributed by atoms with Crippen LogP contribution in [-0.4, -0.2) is 20.6 Å². The van der Waals surface area contributed by atoms with Gasteiger partial charge in [-0.3, -0.25) is 14.6 Å². The van der Waals surface area contributed by atoms with Gasteiger partial charge < -0.3 is 9.67 Å². The monoisotopic (exact) mass is 326 g/mol. The van der Waals surface area contributed by atoms with E-state index < -0.39 is 5.97 Å². The summed E-state index contributed by atoms with van der Waals surface area (Å²) in [5, 5.41) is 9.93. The second-order valence-electron chi connectivity index (χ2n) is 5.54. The van der Waals surface area contributed by atoms with Crippen molar-refractivity contribution in [2.45, 2.75) is 19.9 Å². The summed E-state index contributed by atoms with van der Waals surface area (Å²) < 4.78 is 14.5. The first kappa shape index (κ1) is 15.9. The number of hydrogen-bond acceptors (Lipinski definition) is 3.